The molecular weight excluding hydrogens is 152 g/mol. The Morgan fingerprint density at radius 3 is 2.58 bits per heavy atom. The van der Waals surface area contributed by atoms with Crippen molar-refractivity contribution in [2.45, 2.75) is 52.1 Å². The van der Waals surface area contributed by atoms with Crippen LogP contribution in [0.4, 0.5) is 0 Å². The predicted molar refractivity (Wildman–Crippen MR) is 47.8 cm³/mol. The van der Waals surface area contributed by atoms with Gasteiger partial charge in [0.15, 0.2) is 0 Å². The molecule has 1 saturated carbocycles. The van der Waals surface area contributed by atoms with Crippen LogP contribution in [0.15, 0.2) is 0 Å². The van der Waals surface area contributed by atoms with Crippen LogP contribution in [0.2, 0.25) is 0 Å². The van der Waals surface area contributed by atoms with Gasteiger partial charge in [0, 0.05) is 6.92 Å². The molecule has 2 unspecified atom stereocenters. The van der Waals surface area contributed by atoms with Gasteiger partial charge in [0.05, 0.1) is 0 Å². The summed E-state index contributed by atoms with van der Waals surface area (Å²) in [6.45, 7) is 5.81. The third-order valence-corrected chi connectivity index (χ3v) is 2.92. The molecule has 0 amide bonds. The lowest BCUT2D eigenvalue weighted by Gasteiger charge is -2.47. The van der Waals surface area contributed by atoms with Gasteiger partial charge < -0.3 is 4.74 Å². The predicted octanol–water partition coefficient (Wildman–Crippen LogP) is 2.52. The third-order valence-electron chi connectivity index (χ3n) is 2.92. The molecular formula is C10H18O2. The number of carbonyl (C=O) groups is 1. The van der Waals surface area contributed by atoms with Gasteiger partial charge in [-0.25, -0.2) is 0 Å². The zero-order chi connectivity index (χ0) is 9.19. The number of carbonyl (C=O) groups excluding carboxylic acids is 1. The zero-order valence-electron chi connectivity index (χ0n) is 8.22. The van der Waals surface area contributed by atoms with Crippen LogP contribution in [0.3, 0.4) is 0 Å². The van der Waals surface area contributed by atoms with Gasteiger partial charge in [0.1, 0.15) is 5.60 Å². The highest BCUT2D eigenvalue weighted by Gasteiger charge is 2.46. The Morgan fingerprint density at radius 1 is 1.67 bits per heavy atom. The first-order valence-corrected chi connectivity index (χ1v) is 4.80. The lowest BCUT2D eigenvalue weighted by molar-refractivity contribution is -0.179. The van der Waals surface area contributed by atoms with Crippen LogP contribution < -0.4 is 0 Å². The van der Waals surface area contributed by atoms with E-state index in [0.29, 0.717) is 5.92 Å². The minimum atomic E-state index is -0.130. The van der Waals surface area contributed by atoms with Crippen molar-refractivity contribution >= 4 is 5.97 Å². The minimum Gasteiger partial charge on any atom is -0.459 e. The van der Waals surface area contributed by atoms with Crippen molar-refractivity contribution in [3.8, 4) is 0 Å². The summed E-state index contributed by atoms with van der Waals surface area (Å²) in [5.74, 6) is 0.427. The Balaban J connectivity index is 2.54. The second kappa shape index (κ2) is 3.46. The van der Waals surface area contributed by atoms with Gasteiger partial charge in [-0.3, -0.25) is 4.79 Å². The molecule has 0 aromatic rings. The maximum Gasteiger partial charge on any atom is 0.303 e. The highest BCUT2D eigenvalue weighted by atomic mass is 16.6. The second-order valence-corrected chi connectivity index (χ2v) is 3.85. The average molecular weight is 170 g/mol. The van der Waals surface area contributed by atoms with Gasteiger partial charge in [-0.2, -0.15) is 0 Å². The second-order valence-electron chi connectivity index (χ2n) is 3.85. The fraction of sp³-hybridized carbons (Fsp3) is 0.900. The average Bonchev–Trinajstić information content (AvgIpc) is 2.00. The van der Waals surface area contributed by atoms with E-state index < -0.39 is 0 Å². The zero-order valence-corrected chi connectivity index (χ0v) is 8.22. The highest BCUT2D eigenvalue weighted by Crippen LogP contribution is 2.44. The van der Waals surface area contributed by atoms with E-state index in [4.69, 9.17) is 4.74 Å². The molecule has 1 aliphatic carbocycles. The summed E-state index contributed by atoms with van der Waals surface area (Å²) in [7, 11) is 0. The highest BCUT2D eigenvalue weighted by molar-refractivity contribution is 5.66. The van der Waals surface area contributed by atoms with E-state index >= 15 is 0 Å². The Kier molecular flexibility index (Phi) is 2.76. The van der Waals surface area contributed by atoms with Crippen molar-refractivity contribution in [1.82, 2.24) is 0 Å². The number of ether oxygens (including phenoxy) is 1. The fourth-order valence-corrected chi connectivity index (χ4v) is 2.04. The number of rotatable bonds is 3. The van der Waals surface area contributed by atoms with Gasteiger partial charge in [0.25, 0.3) is 0 Å². The van der Waals surface area contributed by atoms with Crippen LogP contribution in [-0.2, 0) is 9.53 Å². The molecule has 0 N–H and O–H groups in total. The molecule has 12 heavy (non-hydrogen) atoms. The molecule has 2 heteroatoms. The van der Waals surface area contributed by atoms with Gasteiger partial charge in [0.2, 0.25) is 0 Å². The Hall–Kier alpha value is -0.530. The first kappa shape index (κ1) is 9.56. The van der Waals surface area contributed by atoms with Crippen LogP contribution in [0, 0.1) is 5.92 Å². The molecule has 2 atom stereocenters. The maximum atomic E-state index is 10.9. The first-order chi connectivity index (χ1) is 5.60. The Bertz CT molecular complexity index is 177. The van der Waals surface area contributed by atoms with Crippen LogP contribution >= 0.6 is 0 Å². The Labute approximate surface area is 74.3 Å². The van der Waals surface area contributed by atoms with Crippen LogP contribution in [0.25, 0.3) is 0 Å². The monoisotopic (exact) mass is 170 g/mol. The molecule has 1 fully saturated rings. The molecule has 0 aromatic heterocycles. The van der Waals surface area contributed by atoms with E-state index in [1.54, 1.807) is 0 Å². The van der Waals surface area contributed by atoms with E-state index in [9.17, 15) is 4.79 Å². The van der Waals surface area contributed by atoms with Crippen molar-refractivity contribution in [1.29, 1.82) is 0 Å². The van der Waals surface area contributed by atoms with Gasteiger partial charge >= 0.3 is 5.97 Å². The van der Waals surface area contributed by atoms with Gasteiger partial charge in [-0.1, -0.05) is 20.3 Å². The topological polar surface area (TPSA) is 26.3 Å². The summed E-state index contributed by atoms with van der Waals surface area (Å²) < 4.78 is 5.39. The summed E-state index contributed by atoms with van der Waals surface area (Å²) in [6, 6.07) is 0. The van der Waals surface area contributed by atoms with Crippen LogP contribution in [0.5, 0.6) is 0 Å². The normalized spacial score (nSPS) is 34.1. The van der Waals surface area contributed by atoms with Crippen LogP contribution in [0.1, 0.15) is 46.5 Å². The largest absolute Gasteiger partial charge is 0.459 e. The molecule has 0 aromatic carbocycles. The maximum absolute atomic E-state index is 10.9. The van der Waals surface area contributed by atoms with E-state index in [2.05, 4.69) is 13.8 Å². The summed E-state index contributed by atoms with van der Waals surface area (Å²) in [5.41, 5.74) is -0.0966. The van der Waals surface area contributed by atoms with Gasteiger partial charge in [-0.05, 0) is 25.2 Å². The van der Waals surface area contributed by atoms with Crippen molar-refractivity contribution < 1.29 is 9.53 Å². The molecule has 1 aliphatic rings. The van der Waals surface area contributed by atoms with Crippen molar-refractivity contribution in [2.24, 2.45) is 5.92 Å². The van der Waals surface area contributed by atoms with Crippen molar-refractivity contribution in [2.75, 3.05) is 0 Å². The van der Waals surface area contributed by atoms with E-state index in [-0.39, 0.29) is 11.6 Å². The SMILES string of the molecule is CCCC1(OC(C)=O)CCC1C. The molecule has 0 saturated heterocycles. The lowest BCUT2D eigenvalue weighted by atomic mass is 9.68. The summed E-state index contributed by atoms with van der Waals surface area (Å²) in [6.07, 6.45) is 4.38. The number of hydrogen-bond donors (Lipinski definition) is 0. The van der Waals surface area contributed by atoms with Crippen molar-refractivity contribution in [3.63, 3.8) is 0 Å². The molecule has 0 bridgehead atoms. The number of esters is 1. The lowest BCUT2D eigenvalue weighted by Crippen LogP contribution is -2.48. The molecule has 2 nitrogen and oxygen atoms in total. The molecule has 0 spiro atoms. The molecule has 0 radical (unpaired) electrons. The standard InChI is InChI=1S/C10H18O2/c1-4-6-10(12-9(3)11)7-5-8(10)2/h8H,4-7H2,1-3H3. The summed E-state index contributed by atoms with van der Waals surface area (Å²) >= 11 is 0. The first-order valence-electron chi connectivity index (χ1n) is 4.80. The van der Waals surface area contributed by atoms with Crippen LogP contribution in [-0.4, -0.2) is 11.6 Å². The Morgan fingerprint density at radius 2 is 2.33 bits per heavy atom. The smallest absolute Gasteiger partial charge is 0.303 e. The summed E-state index contributed by atoms with van der Waals surface area (Å²) in [4.78, 5) is 10.9. The van der Waals surface area contributed by atoms with E-state index in [1.165, 1.54) is 13.3 Å². The fourth-order valence-electron chi connectivity index (χ4n) is 2.04. The van der Waals surface area contributed by atoms with E-state index in [0.717, 1.165) is 19.3 Å². The quantitative estimate of drug-likeness (QED) is 0.608. The molecule has 0 heterocycles. The molecule has 0 aliphatic heterocycles. The molecule has 1 rings (SSSR count). The third kappa shape index (κ3) is 1.62. The van der Waals surface area contributed by atoms with Crippen molar-refractivity contribution in [3.05, 3.63) is 0 Å². The van der Waals surface area contributed by atoms with Gasteiger partial charge in [-0.15, -0.1) is 0 Å². The summed E-state index contributed by atoms with van der Waals surface area (Å²) in [5, 5.41) is 0. The number of hydrogen-bond acceptors (Lipinski definition) is 2. The van der Waals surface area contributed by atoms with E-state index in [1.807, 2.05) is 0 Å². The minimum absolute atomic E-state index is 0.0966. The molecule has 70 valence electrons.